The van der Waals surface area contributed by atoms with Crippen LogP contribution in [0, 0.1) is 5.41 Å². The van der Waals surface area contributed by atoms with Crippen molar-refractivity contribution in [2.75, 3.05) is 18.9 Å². The summed E-state index contributed by atoms with van der Waals surface area (Å²) >= 11 is 0. The van der Waals surface area contributed by atoms with Crippen molar-refractivity contribution in [2.45, 2.75) is 71.1 Å². The van der Waals surface area contributed by atoms with E-state index in [9.17, 15) is 8.42 Å². The SMILES string of the molecule is CCOC1CC(NS(=O)(=O)CCC2CCCCN2)C1(C)C. The summed E-state index contributed by atoms with van der Waals surface area (Å²) < 4.78 is 33.0. The molecule has 0 bridgehead atoms. The fourth-order valence-electron chi connectivity index (χ4n) is 3.31. The number of nitrogens with one attached hydrogen (secondary N) is 2. The number of sulfonamides is 1. The van der Waals surface area contributed by atoms with Gasteiger partial charge in [0.2, 0.25) is 10.0 Å². The van der Waals surface area contributed by atoms with Crippen LogP contribution in [0.4, 0.5) is 0 Å². The molecule has 1 aliphatic heterocycles. The second kappa shape index (κ2) is 6.94. The fraction of sp³-hybridized carbons (Fsp3) is 1.00. The number of hydrogen-bond acceptors (Lipinski definition) is 4. The summed E-state index contributed by atoms with van der Waals surface area (Å²) in [6.07, 6.45) is 5.15. The maximum absolute atomic E-state index is 12.2. The summed E-state index contributed by atoms with van der Waals surface area (Å²) in [5.41, 5.74) is -0.119. The Morgan fingerprint density at radius 3 is 2.67 bits per heavy atom. The van der Waals surface area contributed by atoms with Crippen LogP contribution in [0.3, 0.4) is 0 Å². The monoisotopic (exact) mass is 318 g/mol. The first-order valence-electron chi connectivity index (χ1n) is 8.20. The van der Waals surface area contributed by atoms with E-state index in [0.29, 0.717) is 19.1 Å². The zero-order chi connectivity index (χ0) is 15.5. The summed E-state index contributed by atoms with van der Waals surface area (Å²) in [6.45, 7) is 7.83. The molecule has 1 aliphatic carbocycles. The Labute approximate surface area is 129 Å². The molecule has 5 nitrogen and oxygen atoms in total. The van der Waals surface area contributed by atoms with E-state index < -0.39 is 10.0 Å². The van der Waals surface area contributed by atoms with Crippen LogP contribution in [0.25, 0.3) is 0 Å². The molecule has 0 amide bonds. The molecule has 0 aromatic carbocycles. The van der Waals surface area contributed by atoms with Gasteiger partial charge in [-0.1, -0.05) is 20.3 Å². The summed E-state index contributed by atoms with van der Waals surface area (Å²) in [4.78, 5) is 0. The van der Waals surface area contributed by atoms with Crippen molar-refractivity contribution in [1.29, 1.82) is 0 Å². The average Bonchev–Trinajstić information content (AvgIpc) is 2.45. The Balaban J connectivity index is 1.79. The first kappa shape index (κ1) is 17.2. The topological polar surface area (TPSA) is 67.4 Å². The van der Waals surface area contributed by atoms with Crippen LogP contribution in [0.1, 0.15) is 52.9 Å². The van der Waals surface area contributed by atoms with Crippen LogP contribution < -0.4 is 10.0 Å². The van der Waals surface area contributed by atoms with Gasteiger partial charge < -0.3 is 10.1 Å². The Kier molecular flexibility index (Phi) is 5.68. The first-order chi connectivity index (χ1) is 9.85. The van der Waals surface area contributed by atoms with Gasteiger partial charge in [0.1, 0.15) is 0 Å². The van der Waals surface area contributed by atoms with Crippen molar-refractivity contribution in [3.8, 4) is 0 Å². The lowest BCUT2D eigenvalue weighted by Crippen LogP contribution is -2.62. The van der Waals surface area contributed by atoms with Gasteiger partial charge in [0.05, 0.1) is 11.9 Å². The van der Waals surface area contributed by atoms with Crippen LogP contribution in [0.5, 0.6) is 0 Å². The molecule has 0 aromatic rings. The quantitative estimate of drug-likeness (QED) is 0.749. The van der Waals surface area contributed by atoms with Gasteiger partial charge >= 0.3 is 0 Å². The highest BCUT2D eigenvalue weighted by molar-refractivity contribution is 7.89. The molecule has 1 heterocycles. The van der Waals surface area contributed by atoms with E-state index in [4.69, 9.17) is 4.74 Å². The van der Waals surface area contributed by atoms with E-state index in [1.54, 1.807) is 0 Å². The zero-order valence-electron chi connectivity index (χ0n) is 13.5. The third kappa shape index (κ3) is 4.41. The van der Waals surface area contributed by atoms with Crippen molar-refractivity contribution in [2.24, 2.45) is 5.41 Å². The van der Waals surface area contributed by atoms with Crippen molar-refractivity contribution in [3.05, 3.63) is 0 Å². The predicted octanol–water partition coefficient (Wildman–Crippen LogP) is 1.64. The number of ether oxygens (including phenoxy) is 1. The van der Waals surface area contributed by atoms with Crippen molar-refractivity contribution in [1.82, 2.24) is 10.0 Å². The zero-order valence-corrected chi connectivity index (χ0v) is 14.3. The van der Waals surface area contributed by atoms with Gasteiger partial charge in [-0.3, -0.25) is 0 Å². The molecule has 124 valence electrons. The Hall–Kier alpha value is -0.170. The van der Waals surface area contributed by atoms with E-state index in [2.05, 4.69) is 23.9 Å². The van der Waals surface area contributed by atoms with Gasteiger partial charge in [-0.25, -0.2) is 13.1 Å². The van der Waals surface area contributed by atoms with E-state index >= 15 is 0 Å². The van der Waals surface area contributed by atoms with Gasteiger partial charge in [0.25, 0.3) is 0 Å². The summed E-state index contributed by atoms with van der Waals surface area (Å²) in [6, 6.07) is 0.360. The predicted molar refractivity (Wildman–Crippen MR) is 84.8 cm³/mol. The number of hydrogen-bond donors (Lipinski definition) is 2. The third-order valence-electron chi connectivity index (χ3n) is 5.01. The molecule has 2 aliphatic rings. The van der Waals surface area contributed by atoms with Crippen molar-refractivity contribution < 1.29 is 13.2 Å². The second-order valence-electron chi connectivity index (χ2n) is 6.93. The summed E-state index contributed by atoms with van der Waals surface area (Å²) in [5, 5.41) is 3.40. The van der Waals surface area contributed by atoms with Gasteiger partial charge in [-0.05, 0) is 39.2 Å². The maximum Gasteiger partial charge on any atom is 0.211 e. The summed E-state index contributed by atoms with van der Waals surface area (Å²) in [5.74, 6) is 0.219. The molecule has 0 aromatic heterocycles. The number of rotatable bonds is 7. The molecule has 2 N–H and O–H groups in total. The molecular formula is C15H30N2O3S. The maximum atomic E-state index is 12.2. The number of piperidine rings is 1. The van der Waals surface area contributed by atoms with Gasteiger partial charge in [-0.15, -0.1) is 0 Å². The smallest absolute Gasteiger partial charge is 0.211 e. The molecular weight excluding hydrogens is 288 g/mol. The molecule has 2 fully saturated rings. The average molecular weight is 318 g/mol. The van der Waals surface area contributed by atoms with E-state index in [0.717, 1.165) is 19.4 Å². The lowest BCUT2D eigenvalue weighted by atomic mass is 9.65. The molecule has 1 saturated heterocycles. The second-order valence-corrected chi connectivity index (χ2v) is 8.80. The van der Waals surface area contributed by atoms with E-state index in [1.165, 1.54) is 12.8 Å². The van der Waals surface area contributed by atoms with E-state index in [-0.39, 0.29) is 23.3 Å². The molecule has 0 spiro atoms. The highest BCUT2D eigenvalue weighted by Crippen LogP contribution is 2.43. The van der Waals surface area contributed by atoms with Crippen LogP contribution >= 0.6 is 0 Å². The van der Waals surface area contributed by atoms with Gasteiger partial charge in [0, 0.05) is 24.1 Å². The lowest BCUT2D eigenvalue weighted by molar-refractivity contribution is -0.108. The normalized spacial score (nSPS) is 32.6. The highest BCUT2D eigenvalue weighted by Gasteiger charge is 2.50. The van der Waals surface area contributed by atoms with Crippen molar-refractivity contribution >= 4 is 10.0 Å². The van der Waals surface area contributed by atoms with Gasteiger partial charge in [0.15, 0.2) is 0 Å². The standard InChI is InChI=1S/C15H30N2O3S/c1-4-20-14-11-13(15(14,2)3)17-21(18,19)10-8-12-7-5-6-9-16-12/h12-14,16-17H,4-11H2,1-3H3. The lowest BCUT2D eigenvalue weighted by Gasteiger charge is -2.51. The van der Waals surface area contributed by atoms with Crippen LogP contribution in [-0.2, 0) is 14.8 Å². The minimum Gasteiger partial charge on any atom is -0.378 e. The van der Waals surface area contributed by atoms with Crippen LogP contribution in [-0.4, -0.2) is 45.5 Å². The van der Waals surface area contributed by atoms with Crippen LogP contribution in [0.15, 0.2) is 0 Å². The molecule has 6 heteroatoms. The Bertz CT molecular complexity index is 430. The Morgan fingerprint density at radius 1 is 1.33 bits per heavy atom. The third-order valence-corrected chi connectivity index (χ3v) is 6.43. The first-order valence-corrected chi connectivity index (χ1v) is 9.85. The van der Waals surface area contributed by atoms with Crippen molar-refractivity contribution in [3.63, 3.8) is 0 Å². The molecule has 3 atom stereocenters. The largest absolute Gasteiger partial charge is 0.378 e. The molecule has 21 heavy (non-hydrogen) atoms. The molecule has 3 unspecified atom stereocenters. The van der Waals surface area contributed by atoms with E-state index in [1.807, 2.05) is 6.92 Å². The molecule has 0 radical (unpaired) electrons. The Morgan fingerprint density at radius 2 is 2.10 bits per heavy atom. The molecule has 2 rings (SSSR count). The highest BCUT2D eigenvalue weighted by atomic mass is 32.2. The minimum atomic E-state index is -3.20. The minimum absolute atomic E-state index is 0.00151. The fourth-order valence-corrected chi connectivity index (χ4v) is 4.86. The van der Waals surface area contributed by atoms with Crippen LogP contribution in [0.2, 0.25) is 0 Å². The summed E-state index contributed by atoms with van der Waals surface area (Å²) in [7, 11) is -3.20. The van der Waals surface area contributed by atoms with Gasteiger partial charge in [-0.2, -0.15) is 0 Å². The molecule has 1 saturated carbocycles.